The fraction of sp³-hybridized carbons (Fsp3) is 0.0870. The number of nitrogens with zero attached hydrogens (tertiary/aromatic N) is 2. The van der Waals surface area contributed by atoms with E-state index in [9.17, 15) is 19.1 Å². The summed E-state index contributed by atoms with van der Waals surface area (Å²) < 4.78 is 15.0. The first-order chi connectivity index (χ1) is 14.9. The van der Waals surface area contributed by atoms with Crippen LogP contribution < -0.4 is 4.90 Å². The molecule has 0 bridgehead atoms. The van der Waals surface area contributed by atoms with Crippen LogP contribution in [0.15, 0.2) is 71.3 Å². The van der Waals surface area contributed by atoms with Gasteiger partial charge in [-0.05, 0) is 53.8 Å². The first-order valence-electron chi connectivity index (χ1n) is 9.41. The Balaban J connectivity index is 1.70. The van der Waals surface area contributed by atoms with Gasteiger partial charge in [-0.2, -0.15) is 0 Å². The third-order valence-electron chi connectivity index (χ3n) is 5.10. The lowest BCUT2D eigenvalue weighted by Crippen LogP contribution is -2.31. The van der Waals surface area contributed by atoms with Gasteiger partial charge in [0.2, 0.25) is 5.78 Å². The number of benzene rings is 2. The summed E-state index contributed by atoms with van der Waals surface area (Å²) >= 11 is 2.49. The van der Waals surface area contributed by atoms with Crippen LogP contribution in [0.4, 0.5) is 9.52 Å². The minimum absolute atomic E-state index is 0.0755. The summed E-state index contributed by atoms with van der Waals surface area (Å²) in [5.41, 5.74) is 2.06. The second-order valence-electron chi connectivity index (χ2n) is 7.17. The predicted molar refractivity (Wildman–Crippen MR) is 119 cm³/mol. The minimum atomic E-state index is -0.987. The highest BCUT2D eigenvalue weighted by Gasteiger charge is 2.46. The molecule has 31 heavy (non-hydrogen) atoms. The van der Waals surface area contributed by atoms with Gasteiger partial charge in [-0.25, -0.2) is 9.37 Å². The lowest BCUT2D eigenvalue weighted by atomic mass is 9.95. The van der Waals surface area contributed by atoms with E-state index in [-0.39, 0.29) is 5.57 Å². The molecule has 1 aliphatic rings. The fourth-order valence-corrected chi connectivity index (χ4v) is 5.46. The van der Waals surface area contributed by atoms with Crippen LogP contribution >= 0.6 is 22.7 Å². The zero-order chi connectivity index (χ0) is 21.7. The van der Waals surface area contributed by atoms with Gasteiger partial charge in [-0.1, -0.05) is 35.6 Å². The number of carbonyl (C=O) groups excluding carboxylic acids is 2. The molecule has 154 valence electrons. The molecule has 0 saturated carbocycles. The number of Topliss-reactive ketones (excluding diaryl/α,β-unsaturated/α-hetero) is 1. The van der Waals surface area contributed by atoms with Gasteiger partial charge in [0.05, 0.1) is 26.7 Å². The standard InChI is InChI=1S/C23H15FN2O3S2/c1-12-7-8-15-17(10-12)31-23(25-15)26-19(13-4-2-5-14(24)11-13)18(21(28)22(26)29)20(27)16-6-3-9-30-16/h2-11,19,28H,1H3/t19-/m0/s1. The molecule has 0 spiro atoms. The van der Waals surface area contributed by atoms with E-state index >= 15 is 0 Å². The van der Waals surface area contributed by atoms with Crippen LogP contribution in [0.5, 0.6) is 0 Å². The number of hydrogen-bond acceptors (Lipinski definition) is 6. The van der Waals surface area contributed by atoms with E-state index in [0.717, 1.165) is 10.3 Å². The molecule has 5 rings (SSSR count). The Bertz CT molecular complexity index is 1370. The molecule has 1 N–H and O–H groups in total. The summed E-state index contributed by atoms with van der Waals surface area (Å²) in [4.78, 5) is 32.6. The smallest absolute Gasteiger partial charge is 0.296 e. The molecule has 0 unspecified atom stereocenters. The number of aryl methyl sites for hydroxylation is 1. The molecular weight excluding hydrogens is 435 g/mol. The Morgan fingerprint density at radius 1 is 1.16 bits per heavy atom. The van der Waals surface area contributed by atoms with Crippen molar-refractivity contribution in [2.24, 2.45) is 0 Å². The summed E-state index contributed by atoms with van der Waals surface area (Å²) in [5, 5.41) is 12.8. The maximum atomic E-state index is 14.1. The van der Waals surface area contributed by atoms with Crippen LogP contribution in [0, 0.1) is 12.7 Å². The largest absolute Gasteiger partial charge is 0.503 e. The lowest BCUT2D eigenvalue weighted by molar-refractivity contribution is -0.117. The van der Waals surface area contributed by atoms with Crippen molar-refractivity contribution in [3.63, 3.8) is 0 Å². The third-order valence-corrected chi connectivity index (χ3v) is 6.99. The lowest BCUT2D eigenvalue weighted by Gasteiger charge is -2.24. The number of aliphatic hydroxyl groups is 1. The number of carbonyl (C=O) groups is 2. The molecule has 2 aromatic heterocycles. The van der Waals surface area contributed by atoms with E-state index < -0.39 is 29.3 Å². The van der Waals surface area contributed by atoms with Gasteiger partial charge in [-0.15, -0.1) is 11.3 Å². The van der Waals surface area contributed by atoms with Gasteiger partial charge in [0, 0.05) is 0 Å². The Kier molecular flexibility index (Phi) is 4.68. The van der Waals surface area contributed by atoms with Gasteiger partial charge in [0.25, 0.3) is 5.91 Å². The number of fused-ring (bicyclic) bond motifs is 1. The second-order valence-corrected chi connectivity index (χ2v) is 9.13. The van der Waals surface area contributed by atoms with E-state index in [4.69, 9.17) is 0 Å². The number of anilines is 1. The fourth-order valence-electron chi connectivity index (χ4n) is 3.69. The van der Waals surface area contributed by atoms with Crippen LogP contribution in [0.1, 0.15) is 26.8 Å². The Morgan fingerprint density at radius 2 is 2.00 bits per heavy atom. The van der Waals surface area contributed by atoms with Crippen LogP contribution in [-0.2, 0) is 4.79 Å². The zero-order valence-electron chi connectivity index (χ0n) is 16.2. The summed E-state index contributed by atoms with van der Waals surface area (Å²) in [6, 6.07) is 13.8. The Morgan fingerprint density at radius 3 is 2.74 bits per heavy atom. The number of rotatable bonds is 4. The van der Waals surface area contributed by atoms with Crippen molar-refractivity contribution in [1.82, 2.24) is 4.98 Å². The molecule has 0 radical (unpaired) electrons. The summed E-state index contributed by atoms with van der Waals surface area (Å²) in [6.07, 6.45) is 0. The van der Waals surface area contributed by atoms with Crippen LogP contribution in [-0.4, -0.2) is 21.8 Å². The molecule has 0 aliphatic carbocycles. The monoisotopic (exact) mass is 450 g/mol. The minimum Gasteiger partial charge on any atom is -0.503 e. The number of aromatic nitrogens is 1. The quantitative estimate of drug-likeness (QED) is 0.412. The number of halogens is 1. The van der Waals surface area contributed by atoms with Crippen molar-refractivity contribution in [3.05, 3.63) is 93.1 Å². The molecule has 2 aromatic carbocycles. The van der Waals surface area contributed by atoms with Crippen LogP contribution in [0.25, 0.3) is 10.2 Å². The highest BCUT2D eigenvalue weighted by molar-refractivity contribution is 7.22. The van der Waals surface area contributed by atoms with Crippen molar-refractivity contribution < 1.29 is 19.1 Å². The maximum absolute atomic E-state index is 14.1. The number of thiophene rings is 1. The number of amides is 1. The molecule has 8 heteroatoms. The number of hydrogen-bond donors (Lipinski definition) is 1. The molecule has 1 aliphatic heterocycles. The number of ketones is 1. The van der Waals surface area contributed by atoms with E-state index in [2.05, 4.69) is 4.98 Å². The first-order valence-corrected chi connectivity index (χ1v) is 11.1. The molecule has 3 heterocycles. The number of thiazole rings is 1. The molecule has 1 amide bonds. The SMILES string of the molecule is Cc1ccc2nc(N3C(=O)C(O)=C(C(=O)c4cccs4)[C@@H]3c3cccc(F)c3)sc2c1. The highest BCUT2D eigenvalue weighted by Crippen LogP contribution is 2.44. The van der Waals surface area contributed by atoms with E-state index in [1.807, 2.05) is 25.1 Å². The van der Waals surface area contributed by atoms with Crippen molar-refractivity contribution in [2.75, 3.05) is 4.90 Å². The zero-order valence-corrected chi connectivity index (χ0v) is 17.8. The predicted octanol–water partition coefficient (Wildman–Crippen LogP) is 5.59. The average molecular weight is 451 g/mol. The van der Waals surface area contributed by atoms with Crippen molar-refractivity contribution >= 4 is 49.7 Å². The first kappa shape index (κ1) is 19.6. The maximum Gasteiger partial charge on any atom is 0.296 e. The molecule has 4 aromatic rings. The van der Waals surface area contributed by atoms with Crippen LogP contribution in [0.2, 0.25) is 0 Å². The summed E-state index contributed by atoms with van der Waals surface area (Å²) in [5.74, 6) is -2.33. The normalized spacial score (nSPS) is 16.5. The van der Waals surface area contributed by atoms with E-state index in [1.54, 1.807) is 23.6 Å². The highest BCUT2D eigenvalue weighted by atomic mass is 32.1. The van der Waals surface area contributed by atoms with E-state index in [1.165, 1.54) is 45.8 Å². The van der Waals surface area contributed by atoms with Gasteiger partial charge in [-0.3, -0.25) is 14.5 Å². The summed E-state index contributed by atoms with van der Waals surface area (Å²) in [7, 11) is 0. The Hall–Kier alpha value is -3.36. The average Bonchev–Trinajstić information content (AvgIpc) is 3.46. The van der Waals surface area contributed by atoms with E-state index in [0.29, 0.717) is 21.1 Å². The van der Waals surface area contributed by atoms with Crippen molar-refractivity contribution in [1.29, 1.82) is 0 Å². The second kappa shape index (κ2) is 7.40. The van der Waals surface area contributed by atoms with Gasteiger partial charge in [0.1, 0.15) is 5.82 Å². The van der Waals surface area contributed by atoms with Gasteiger partial charge in [0.15, 0.2) is 10.9 Å². The molecule has 5 nitrogen and oxygen atoms in total. The molecule has 1 atom stereocenters. The molecular formula is C23H15FN2O3S2. The van der Waals surface area contributed by atoms with Gasteiger partial charge >= 0.3 is 0 Å². The summed E-state index contributed by atoms with van der Waals surface area (Å²) in [6.45, 7) is 1.96. The van der Waals surface area contributed by atoms with Crippen molar-refractivity contribution in [2.45, 2.75) is 13.0 Å². The third kappa shape index (κ3) is 3.24. The Labute approximate surface area is 184 Å². The molecule has 0 fully saturated rings. The molecule has 0 saturated heterocycles. The van der Waals surface area contributed by atoms with Crippen molar-refractivity contribution in [3.8, 4) is 0 Å². The van der Waals surface area contributed by atoms with Crippen LogP contribution in [0.3, 0.4) is 0 Å². The number of aliphatic hydroxyl groups excluding tert-OH is 1. The van der Waals surface area contributed by atoms with Gasteiger partial charge < -0.3 is 5.11 Å². The topological polar surface area (TPSA) is 70.5 Å².